The maximum Gasteiger partial charge on any atom is 0.353 e. The number of nitrogens with zero attached hydrogens (tertiary/aromatic N) is 1. The number of hydrogen-bond acceptors (Lipinski definition) is 5. The van der Waals surface area contributed by atoms with Crippen LogP contribution in [-0.2, 0) is 4.74 Å². The van der Waals surface area contributed by atoms with E-state index in [1.54, 1.807) is 6.07 Å². The summed E-state index contributed by atoms with van der Waals surface area (Å²) < 4.78 is 10.9. The van der Waals surface area contributed by atoms with E-state index in [1.165, 1.54) is 25.0 Å². The lowest BCUT2D eigenvalue weighted by Gasteiger charge is -2.25. The maximum absolute atomic E-state index is 12.9. The second-order valence-electron chi connectivity index (χ2n) is 8.35. The van der Waals surface area contributed by atoms with Crippen molar-refractivity contribution in [1.29, 1.82) is 0 Å². The van der Waals surface area contributed by atoms with Crippen molar-refractivity contribution in [3.8, 4) is 0 Å². The Morgan fingerprint density at radius 2 is 1.68 bits per heavy atom. The molecule has 1 N–H and O–H groups in total. The van der Waals surface area contributed by atoms with Crippen LogP contribution in [0.5, 0.6) is 0 Å². The number of nitrogens with one attached hydrogen (secondary N) is 1. The Kier molecular flexibility index (Phi) is 7.18. The number of aliphatic imine (C=N–C) groups is 1. The first-order chi connectivity index (χ1) is 15.0. The Morgan fingerprint density at radius 3 is 2.39 bits per heavy atom. The van der Waals surface area contributed by atoms with E-state index >= 15 is 0 Å². The molecular formula is C23H26Cl2N2O4. The van der Waals surface area contributed by atoms with E-state index in [1.807, 2.05) is 0 Å². The molecule has 1 heterocycles. The maximum atomic E-state index is 12.9. The van der Waals surface area contributed by atoms with E-state index in [0.717, 1.165) is 51.4 Å². The van der Waals surface area contributed by atoms with Crippen molar-refractivity contribution >= 4 is 46.2 Å². The molecule has 0 amide bonds. The van der Waals surface area contributed by atoms with Crippen LogP contribution in [0, 0.1) is 0 Å². The minimum atomic E-state index is -0.809. The fraction of sp³-hybridized carbons (Fsp3) is 0.522. The lowest BCUT2D eigenvalue weighted by molar-refractivity contribution is 0.0699. The van der Waals surface area contributed by atoms with Gasteiger partial charge in [0.1, 0.15) is 5.56 Å². The average Bonchev–Trinajstić information content (AvgIpc) is 2.75. The number of hydrogen-bond donors (Lipinski definition) is 1. The van der Waals surface area contributed by atoms with Crippen molar-refractivity contribution in [2.24, 2.45) is 4.99 Å². The minimum absolute atomic E-state index is 0.123. The summed E-state index contributed by atoms with van der Waals surface area (Å²) in [4.78, 5) is 30.1. The fourth-order valence-electron chi connectivity index (χ4n) is 4.33. The van der Waals surface area contributed by atoms with E-state index in [9.17, 15) is 9.59 Å². The van der Waals surface area contributed by atoms with Gasteiger partial charge in [0, 0.05) is 16.5 Å². The summed E-state index contributed by atoms with van der Waals surface area (Å²) in [6, 6.07) is 5.01. The summed E-state index contributed by atoms with van der Waals surface area (Å²) >= 11 is 12.2. The second-order valence-corrected chi connectivity index (χ2v) is 9.19. The first kappa shape index (κ1) is 22.2. The molecule has 6 nitrogen and oxygen atoms in total. The van der Waals surface area contributed by atoms with Crippen molar-refractivity contribution in [2.75, 3.05) is 0 Å². The van der Waals surface area contributed by atoms with Gasteiger partial charge in [-0.1, -0.05) is 61.7 Å². The molecule has 0 spiro atoms. The van der Waals surface area contributed by atoms with E-state index in [4.69, 9.17) is 37.3 Å². The highest BCUT2D eigenvalue weighted by Crippen LogP contribution is 2.27. The molecule has 2 saturated carbocycles. The summed E-state index contributed by atoms with van der Waals surface area (Å²) in [6.45, 7) is 0. The zero-order chi connectivity index (χ0) is 21.8. The number of esters is 1. The van der Waals surface area contributed by atoms with Crippen molar-refractivity contribution in [2.45, 2.75) is 76.3 Å². The molecule has 8 heteroatoms. The van der Waals surface area contributed by atoms with Crippen LogP contribution in [0.25, 0.3) is 11.0 Å². The van der Waals surface area contributed by atoms with Gasteiger partial charge in [-0.15, -0.1) is 0 Å². The standard InChI is InChI=1S/C23H26Cl2N2O4/c24-15-11-14-12-18(21(28)30-20(14)19(25)13-15)22(29)31-23(26-16-7-3-1-4-8-16)27-17-9-5-2-6-10-17/h11-13,16-17H,1-10H2,(H,26,27). The molecule has 4 rings (SSSR count). The van der Waals surface area contributed by atoms with Gasteiger partial charge in [0.25, 0.3) is 6.02 Å². The predicted molar refractivity (Wildman–Crippen MR) is 122 cm³/mol. The van der Waals surface area contributed by atoms with Crippen LogP contribution in [0.3, 0.4) is 0 Å². The molecule has 166 valence electrons. The van der Waals surface area contributed by atoms with Gasteiger partial charge < -0.3 is 14.5 Å². The molecule has 2 aromatic rings. The average molecular weight is 465 g/mol. The molecule has 2 aliphatic carbocycles. The minimum Gasteiger partial charge on any atom is -0.420 e. The number of ether oxygens (including phenoxy) is 1. The van der Waals surface area contributed by atoms with Crippen molar-refractivity contribution in [1.82, 2.24) is 5.32 Å². The number of carbonyl (C=O) groups is 1. The Morgan fingerprint density at radius 1 is 1.00 bits per heavy atom. The molecule has 31 heavy (non-hydrogen) atoms. The third-order valence-electron chi connectivity index (χ3n) is 5.97. The summed E-state index contributed by atoms with van der Waals surface area (Å²) in [7, 11) is 0. The zero-order valence-electron chi connectivity index (χ0n) is 17.3. The molecule has 0 unspecified atom stereocenters. The highest BCUT2D eigenvalue weighted by Gasteiger charge is 2.23. The van der Waals surface area contributed by atoms with E-state index in [-0.39, 0.29) is 34.3 Å². The first-order valence-electron chi connectivity index (χ1n) is 11.0. The lowest BCUT2D eigenvalue weighted by Crippen LogP contribution is -2.40. The summed E-state index contributed by atoms with van der Waals surface area (Å²) in [5.74, 6) is -0.801. The predicted octanol–water partition coefficient (Wildman–Crippen LogP) is 5.87. The number of benzene rings is 1. The quantitative estimate of drug-likeness (QED) is 0.266. The SMILES string of the molecule is O=C(OC(=NC1CCCCC1)NC1CCCCC1)c1cc2cc(Cl)cc(Cl)c2oc1=O. The normalized spacial score (nSPS) is 18.8. The molecule has 1 aromatic carbocycles. The molecule has 0 atom stereocenters. The number of carbonyl (C=O) groups excluding carboxylic acids is 1. The van der Waals surface area contributed by atoms with E-state index in [2.05, 4.69) is 5.32 Å². The van der Waals surface area contributed by atoms with E-state index < -0.39 is 11.6 Å². The lowest BCUT2D eigenvalue weighted by atomic mass is 9.95. The Balaban J connectivity index is 1.59. The molecule has 2 aliphatic rings. The number of amidine groups is 1. The van der Waals surface area contributed by atoms with Gasteiger partial charge in [0.15, 0.2) is 5.58 Å². The van der Waals surface area contributed by atoms with Crippen LogP contribution >= 0.6 is 23.2 Å². The number of fused-ring (bicyclic) bond motifs is 1. The first-order valence-corrected chi connectivity index (χ1v) is 11.7. The van der Waals surface area contributed by atoms with Gasteiger partial charge in [-0.2, -0.15) is 0 Å². The summed E-state index contributed by atoms with van der Waals surface area (Å²) in [6.07, 6.45) is 10.9. The monoisotopic (exact) mass is 464 g/mol. The van der Waals surface area contributed by atoms with Crippen LogP contribution in [0.2, 0.25) is 10.0 Å². The van der Waals surface area contributed by atoms with Crippen molar-refractivity contribution in [3.05, 3.63) is 44.2 Å². The largest absolute Gasteiger partial charge is 0.420 e. The third kappa shape index (κ3) is 5.60. The van der Waals surface area contributed by atoms with Crippen molar-refractivity contribution in [3.63, 3.8) is 0 Å². The van der Waals surface area contributed by atoms with Crippen LogP contribution in [0.1, 0.15) is 74.6 Å². The summed E-state index contributed by atoms with van der Waals surface area (Å²) in [5, 5.41) is 4.35. The molecule has 0 radical (unpaired) electrons. The fourth-order valence-corrected chi connectivity index (χ4v) is 4.88. The molecule has 2 fully saturated rings. The third-order valence-corrected chi connectivity index (χ3v) is 6.47. The number of rotatable bonds is 3. The molecule has 0 aliphatic heterocycles. The highest BCUT2D eigenvalue weighted by molar-refractivity contribution is 6.38. The summed E-state index contributed by atoms with van der Waals surface area (Å²) in [5.41, 5.74) is -0.840. The molecule has 0 saturated heterocycles. The van der Waals surface area contributed by atoms with Crippen molar-refractivity contribution < 1.29 is 13.9 Å². The molecule has 0 bridgehead atoms. The Bertz CT molecular complexity index is 1040. The second kappa shape index (κ2) is 10.0. The van der Waals surface area contributed by atoms with Crippen LogP contribution in [0.4, 0.5) is 0 Å². The number of halogens is 2. The van der Waals surface area contributed by atoms with Gasteiger partial charge in [-0.05, 0) is 43.9 Å². The van der Waals surface area contributed by atoms with Gasteiger partial charge >= 0.3 is 11.6 Å². The van der Waals surface area contributed by atoms with Crippen LogP contribution < -0.4 is 10.9 Å². The van der Waals surface area contributed by atoms with Gasteiger partial charge in [0.2, 0.25) is 0 Å². The van der Waals surface area contributed by atoms with Gasteiger partial charge in [-0.3, -0.25) is 0 Å². The highest BCUT2D eigenvalue weighted by atomic mass is 35.5. The van der Waals surface area contributed by atoms with Crippen LogP contribution in [-0.4, -0.2) is 24.1 Å². The smallest absolute Gasteiger partial charge is 0.353 e. The van der Waals surface area contributed by atoms with E-state index in [0.29, 0.717) is 10.4 Å². The topological polar surface area (TPSA) is 80.9 Å². The van der Waals surface area contributed by atoms with Crippen LogP contribution in [0.15, 0.2) is 32.4 Å². The Hall–Kier alpha value is -2.05. The Labute approximate surface area is 191 Å². The van der Waals surface area contributed by atoms with Gasteiger partial charge in [-0.25, -0.2) is 14.6 Å². The van der Waals surface area contributed by atoms with Gasteiger partial charge in [0.05, 0.1) is 11.1 Å². The molecule has 1 aromatic heterocycles. The molecular weight excluding hydrogens is 439 g/mol. The zero-order valence-corrected chi connectivity index (χ0v) is 18.8.